The number of nitrogens with two attached hydrogens (primary N) is 1. The maximum Gasteiger partial charge on any atom is 0.0548 e. The molecule has 2 N–H and O–H groups in total. The topological polar surface area (TPSA) is 29.3 Å². The van der Waals surface area contributed by atoms with Crippen LogP contribution in [-0.4, -0.2) is 23.5 Å². The molecule has 0 spiro atoms. The van der Waals surface area contributed by atoms with Gasteiger partial charge in [-0.25, -0.2) is 0 Å². The summed E-state index contributed by atoms with van der Waals surface area (Å²) in [6.45, 7) is 5.61. The van der Waals surface area contributed by atoms with Crippen LogP contribution in [-0.2, 0) is 0 Å². The fraction of sp³-hybridized carbons (Fsp3) is 0.600. The zero-order valence-corrected chi connectivity index (χ0v) is 13.9. The third-order valence-electron chi connectivity index (χ3n) is 3.92. The van der Waals surface area contributed by atoms with Crippen molar-refractivity contribution in [1.82, 2.24) is 4.90 Å². The Morgan fingerprint density at radius 1 is 1.37 bits per heavy atom. The SMILES string of the molecule is CC(C)N1CCCCC(N)C1c1ccc(Cl)c(Br)c1. The van der Waals surface area contributed by atoms with Crippen molar-refractivity contribution >= 4 is 27.5 Å². The number of hydrogen-bond donors (Lipinski definition) is 1. The summed E-state index contributed by atoms with van der Waals surface area (Å²) in [6, 6.07) is 7.17. The van der Waals surface area contributed by atoms with Gasteiger partial charge in [-0.3, -0.25) is 4.90 Å². The van der Waals surface area contributed by atoms with E-state index in [9.17, 15) is 0 Å². The molecule has 1 aliphatic rings. The molecule has 0 radical (unpaired) electrons. The molecular weight excluding hydrogens is 324 g/mol. The second-order valence-corrected chi connectivity index (χ2v) is 6.87. The van der Waals surface area contributed by atoms with Crippen LogP contribution in [0.4, 0.5) is 0 Å². The monoisotopic (exact) mass is 344 g/mol. The van der Waals surface area contributed by atoms with E-state index in [2.05, 4.69) is 46.8 Å². The van der Waals surface area contributed by atoms with Crippen molar-refractivity contribution < 1.29 is 0 Å². The van der Waals surface area contributed by atoms with E-state index in [0.717, 1.165) is 22.5 Å². The Labute approximate surface area is 129 Å². The van der Waals surface area contributed by atoms with Gasteiger partial charge in [0.25, 0.3) is 0 Å². The Balaban J connectivity index is 2.37. The maximum absolute atomic E-state index is 6.44. The van der Waals surface area contributed by atoms with E-state index in [-0.39, 0.29) is 12.1 Å². The van der Waals surface area contributed by atoms with Crippen molar-refractivity contribution in [2.24, 2.45) is 5.73 Å². The molecule has 2 unspecified atom stereocenters. The highest BCUT2D eigenvalue weighted by Gasteiger charge is 2.30. The predicted octanol–water partition coefficient (Wildman–Crippen LogP) is 4.37. The first kappa shape index (κ1) is 15.3. The molecular formula is C15H22BrClN2. The van der Waals surface area contributed by atoms with Crippen LogP contribution in [0.2, 0.25) is 5.02 Å². The van der Waals surface area contributed by atoms with Gasteiger partial charge in [-0.05, 0) is 66.9 Å². The Morgan fingerprint density at radius 3 is 2.74 bits per heavy atom. The molecule has 1 saturated heterocycles. The minimum absolute atomic E-state index is 0.193. The van der Waals surface area contributed by atoms with Gasteiger partial charge in [0.05, 0.1) is 11.1 Å². The summed E-state index contributed by atoms with van der Waals surface area (Å²) < 4.78 is 0.951. The summed E-state index contributed by atoms with van der Waals surface area (Å²) in [5.74, 6) is 0. The number of halogens is 2. The van der Waals surface area contributed by atoms with Crippen LogP contribution in [0.15, 0.2) is 22.7 Å². The van der Waals surface area contributed by atoms with E-state index in [1.54, 1.807) is 0 Å². The zero-order valence-electron chi connectivity index (χ0n) is 11.6. The van der Waals surface area contributed by atoms with E-state index in [1.807, 2.05) is 6.07 Å². The quantitative estimate of drug-likeness (QED) is 0.862. The normalized spacial score (nSPS) is 25.6. The molecule has 0 aromatic heterocycles. The van der Waals surface area contributed by atoms with Crippen LogP contribution < -0.4 is 5.73 Å². The van der Waals surface area contributed by atoms with E-state index in [1.165, 1.54) is 18.4 Å². The van der Waals surface area contributed by atoms with Crippen molar-refractivity contribution in [2.45, 2.75) is 51.2 Å². The lowest BCUT2D eigenvalue weighted by atomic mass is 9.95. The van der Waals surface area contributed by atoms with E-state index < -0.39 is 0 Å². The number of nitrogens with zero attached hydrogens (tertiary/aromatic N) is 1. The first-order chi connectivity index (χ1) is 9.00. The standard InChI is InChI=1S/C15H22BrClN2/c1-10(2)19-8-4-3-5-14(18)15(19)11-6-7-13(17)12(16)9-11/h6-7,9-10,14-15H,3-5,8,18H2,1-2H3. The van der Waals surface area contributed by atoms with Gasteiger partial charge < -0.3 is 5.73 Å². The summed E-state index contributed by atoms with van der Waals surface area (Å²) in [4.78, 5) is 2.52. The first-order valence-electron chi connectivity index (χ1n) is 6.97. The molecule has 0 bridgehead atoms. The molecule has 0 amide bonds. The minimum atomic E-state index is 0.193. The van der Waals surface area contributed by atoms with Crippen molar-refractivity contribution in [2.75, 3.05) is 6.54 Å². The Kier molecular flexibility index (Phi) is 5.29. The number of benzene rings is 1. The van der Waals surface area contributed by atoms with Gasteiger partial charge in [0.15, 0.2) is 0 Å². The second kappa shape index (κ2) is 6.57. The lowest BCUT2D eigenvalue weighted by molar-refractivity contribution is 0.144. The number of rotatable bonds is 2. The Hall–Kier alpha value is -0.0900. The van der Waals surface area contributed by atoms with Crippen molar-refractivity contribution in [1.29, 1.82) is 0 Å². The Bertz CT molecular complexity index is 436. The van der Waals surface area contributed by atoms with Gasteiger partial charge in [-0.2, -0.15) is 0 Å². The fourth-order valence-electron chi connectivity index (χ4n) is 2.93. The van der Waals surface area contributed by atoms with Gasteiger partial charge in [0.1, 0.15) is 0 Å². The van der Waals surface area contributed by atoms with E-state index >= 15 is 0 Å². The average Bonchev–Trinajstić information content (AvgIpc) is 2.55. The molecule has 1 aromatic rings. The average molecular weight is 346 g/mol. The molecule has 4 heteroatoms. The van der Waals surface area contributed by atoms with Gasteiger partial charge >= 0.3 is 0 Å². The zero-order chi connectivity index (χ0) is 14.0. The molecule has 2 nitrogen and oxygen atoms in total. The van der Waals surface area contributed by atoms with Crippen molar-refractivity contribution in [3.63, 3.8) is 0 Å². The van der Waals surface area contributed by atoms with Crippen molar-refractivity contribution in [3.05, 3.63) is 33.3 Å². The summed E-state index contributed by atoms with van der Waals surface area (Å²) in [6.07, 6.45) is 3.54. The number of hydrogen-bond acceptors (Lipinski definition) is 2. The molecule has 0 aliphatic carbocycles. The highest BCUT2D eigenvalue weighted by Crippen LogP contribution is 2.34. The molecule has 2 atom stereocenters. The van der Waals surface area contributed by atoms with Crippen LogP contribution in [0.25, 0.3) is 0 Å². The molecule has 2 rings (SSSR count). The lowest BCUT2D eigenvalue weighted by Crippen LogP contribution is -2.43. The third-order valence-corrected chi connectivity index (χ3v) is 5.13. The van der Waals surface area contributed by atoms with Gasteiger partial charge in [0.2, 0.25) is 0 Å². The highest BCUT2D eigenvalue weighted by atomic mass is 79.9. The molecule has 1 fully saturated rings. The van der Waals surface area contributed by atoms with E-state index in [0.29, 0.717) is 6.04 Å². The molecule has 1 heterocycles. The largest absolute Gasteiger partial charge is 0.326 e. The fourth-order valence-corrected chi connectivity index (χ4v) is 3.45. The third kappa shape index (κ3) is 3.52. The Morgan fingerprint density at radius 2 is 2.11 bits per heavy atom. The van der Waals surface area contributed by atoms with Crippen LogP contribution in [0.3, 0.4) is 0 Å². The molecule has 106 valence electrons. The second-order valence-electron chi connectivity index (χ2n) is 5.61. The van der Waals surface area contributed by atoms with Gasteiger partial charge in [-0.1, -0.05) is 24.1 Å². The van der Waals surface area contributed by atoms with Crippen LogP contribution in [0.5, 0.6) is 0 Å². The molecule has 1 aliphatic heterocycles. The van der Waals surface area contributed by atoms with Crippen LogP contribution in [0.1, 0.15) is 44.7 Å². The molecule has 19 heavy (non-hydrogen) atoms. The summed E-state index contributed by atoms with van der Waals surface area (Å²) in [7, 11) is 0. The first-order valence-corrected chi connectivity index (χ1v) is 8.14. The lowest BCUT2D eigenvalue weighted by Gasteiger charge is -2.37. The van der Waals surface area contributed by atoms with Crippen LogP contribution >= 0.6 is 27.5 Å². The predicted molar refractivity (Wildman–Crippen MR) is 85.6 cm³/mol. The minimum Gasteiger partial charge on any atom is -0.326 e. The summed E-state index contributed by atoms with van der Waals surface area (Å²) in [5, 5.41) is 0.752. The molecule has 1 aromatic carbocycles. The molecule has 0 saturated carbocycles. The summed E-state index contributed by atoms with van der Waals surface area (Å²) >= 11 is 9.61. The van der Waals surface area contributed by atoms with E-state index in [4.69, 9.17) is 17.3 Å². The smallest absolute Gasteiger partial charge is 0.0548 e. The summed E-state index contributed by atoms with van der Waals surface area (Å²) in [5.41, 5.74) is 7.70. The van der Waals surface area contributed by atoms with Gasteiger partial charge in [-0.15, -0.1) is 0 Å². The van der Waals surface area contributed by atoms with Crippen LogP contribution in [0, 0.1) is 0 Å². The van der Waals surface area contributed by atoms with Crippen molar-refractivity contribution in [3.8, 4) is 0 Å². The van der Waals surface area contributed by atoms with Gasteiger partial charge in [0, 0.05) is 16.6 Å². The number of likely N-dealkylation sites (tertiary alicyclic amines) is 1. The maximum atomic E-state index is 6.44. The highest BCUT2D eigenvalue weighted by molar-refractivity contribution is 9.10.